The van der Waals surface area contributed by atoms with Gasteiger partial charge in [0.05, 0.1) is 5.69 Å². The molecule has 1 atom stereocenters. The molecule has 0 aliphatic carbocycles. The Morgan fingerprint density at radius 3 is 2.61 bits per heavy atom. The maximum absolute atomic E-state index is 12.2. The highest BCUT2D eigenvalue weighted by Crippen LogP contribution is 2.29. The quantitative estimate of drug-likeness (QED) is 0.901. The van der Waals surface area contributed by atoms with Gasteiger partial charge in [0, 0.05) is 10.4 Å². The van der Waals surface area contributed by atoms with Gasteiger partial charge in [0.15, 0.2) is 0 Å². The highest BCUT2D eigenvalue weighted by atomic mass is 79.9. The molecule has 1 aliphatic rings. The van der Waals surface area contributed by atoms with Crippen molar-refractivity contribution in [3.05, 3.63) is 27.7 Å². The largest absolute Gasteiger partial charge is 0.325 e. The molecule has 1 saturated heterocycles. The second-order valence-corrected chi connectivity index (χ2v) is 5.99. The molecule has 1 aliphatic heterocycles. The van der Waals surface area contributed by atoms with Crippen molar-refractivity contribution < 1.29 is 4.79 Å². The molecule has 0 aromatic heterocycles. The number of amides is 1. The highest BCUT2D eigenvalue weighted by molar-refractivity contribution is 9.10. The summed E-state index contributed by atoms with van der Waals surface area (Å²) in [7, 11) is 0. The fourth-order valence-electron chi connectivity index (χ4n) is 2.19. The standard InChI is InChI=1S/C14H19BrN2O/c1-8-4-9(2)13(12(15)5-8)17-14(18)10(3)11-6-16-7-11/h4-5,10-11,16H,6-7H2,1-3H3,(H,17,18). The molecule has 3 nitrogen and oxygen atoms in total. The maximum Gasteiger partial charge on any atom is 0.227 e. The summed E-state index contributed by atoms with van der Waals surface area (Å²) in [6, 6.07) is 4.11. The van der Waals surface area contributed by atoms with Crippen molar-refractivity contribution in [1.82, 2.24) is 5.32 Å². The number of carbonyl (C=O) groups is 1. The first-order chi connectivity index (χ1) is 8.49. The molecule has 1 unspecified atom stereocenters. The van der Waals surface area contributed by atoms with Gasteiger partial charge in [-0.05, 0) is 66.0 Å². The first-order valence-corrected chi connectivity index (χ1v) is 7.06. The molecule has 18 heavy (non-hydrogen) atoms. The number of rotatable bonds is 3. The second kappa shape index (κ2) is 5.41. The van der Waals surface area contributed by atoms with Gasteiger partial charge < -0.3 is 10.6 Å². The molecule has 0 spiro atoms. The minimum Gasteiger partial charge on any atom is -0.325 e. The number of hydrogen-bond acceptors (Lipinski definition) is 2. The Balaban J connectivity index is 2.11. The van der Waals surface area contributed by atoms with Crippen LogP contribution in [0.1, 0.15) is 18.1 Å². The van der Waals surface area contributed by atoms with Crippen LogP contribution in [0.5, 0.6) is 0 Å². The molecule has 1 aromatic carbocycles. The molecule has 1 heterocycles. The monoisotopic (exact) mass is 310 g/mol. The number of nitrogens with one attached hydrogen (secondary N) is 2. The lowest BCUT2D eigenvalue weighted by Crippen LogP contribution is -2.48. The van der Waals surface area contributed by atoms with E-state index in [-0.39, 0.29) is 11.8 Å². The van der Waals surface area contributed by atoms with E-state index in [4.69, 9.17) is 0 Å². The van der Waals surface area contributed by atoms with Crippen molar-refractivity contribution in [2.75, 3.05) is 18.4 Å². The topological polar surface area (TPSA) is 41.1 Å². The first kappa shape index (κ1) is 13.6. The molecule has 2 rings (SSSR count). The zero-order valence-corrected chi connectivity index (χ0v) is 12.6. The number of hydrogen-bond donors (Lipinski definition) is 2. The second-order valence-electron chi connectivity index (χ2n) is 5.13. The zero-order chi connectivity index (χ0) is 13.3. The molecular formula is C14H19BrN2O. The van der Waals surface area contributed by atoms with E-state index < -0.39 is 0 Å². The van der Waals surface area contributed by atoms with Gasteiger partial charge in [0.1, 0.15) is 0 Å². The summed E-state index contributed by atoms with van der Waals surface area (Å²) < 4.78 is 0.951. The van der Waals surface area contributed by atoms with E-state index in [9.17, 15) is 4.79 Å². The summed E-state index contributed by atoms with van der Waals surface area (Å²) >= 11 is 3.52. The Morgan fingerprint density at radius 2 is 2.11 bits per heavy atom. The normalized spacial score (nSPS) is 17.1. The maximum atomic E-state index is 12.2. The molecule has 4 heteroatoms. The summed E-state index contributed by atoms with van der Waals surface area (Å²) in [4.78, 5) is 12.2. The summed E-state index contributed by atoms with van der Waals surface area (Å²) in [6.45, 7) is 7.96. The number of halogens is 1. The van der Waals surface area contributed by atoms with Gasteiger partial charge in [0.2, 0.25) is 5.91 Å². The van der Waals surface area contributed by atoms with E-state index in [1.54, 1.807) is 0 Å². The summed E-state index contributed by atoms with van der Waals surface area (Å²) in [5, 5.41) is 6.24. The number of carbonyl (C=O) groups excluding carboxylic acids is 1. The molecule has 0 saturated carbocycles. The molecule has 1 aromatic rings. The van der Waals surface area contributed by atoms with Gasteiger partial charge in [-0.1, -0.05) is 13.0 Å². The number of benzene rings is 1. The van der Waals surface area contributed by atoms with E-state index in [2.05, 4.69) is 32.6 Å². The van der Waals surface area contributed by atoms with Crippen LogP contribution < -0.4 is 10.6 Å². The van der Waals surface area contributed by atoms with Crippen LogP contribution in [-0.4, -0.2) is 19.0 Å². The fraction of sp³-hybridized carbons (Fsp3) is 0.500. The van der Waals surface area contributed by atoms with Gasteiger partial charge in [0.25, 0.3) is 0 Å². The first-order valence-electron chi connectivity index (χ1n) is 6.27. The summed E-state index contributed by atoms with van der Waals surface area (Å²) in [5.74, 6) is 0.627. The van der Waals surface area contributed by atoms with Crippen LogP contribution in [0.2, 0.25) is 0 Å². The Morgan fingerprint density at radius 1 is 1.44 bits per heavy atom. The molecule has 1 amide bonds. The third-order valence-corrected chi connectivity index (χ3v) is 4.24. The Bertz CT molecular complexity index is 446. The Labute approximate surface area is 116 Å². The molecular weight excluding hydrogens is 292 g/mol. The van der Waals surface area contributed by atoms with Gasteiger partial charge in [-0.15, -0.1) is 0 Å². The smallest absolute Gasteiger partial charge is 0.227 e. The van der Waals surface area contributed by atoms with Crippen LogP contribution in [0.25, 0.3) is 0 Å². The zero-order valence-electron chi connectivity index (χ0n) is 11.0. The van der Waals surface area contributed by atoms with Crippen molar-refractivity contribution >= 4 is 27.5 Å². The fourth-order valence-corrected chi connectivity index (χ4v) is 2.96. The predicted octanol–water partition coefficient (Wildman–Crippen LogP) is 2.86. The van der Waals surface area contributed by atoms with Crippen LogP contribution in [0.4, 0.5) is 5.69 Å². The third-order valence-electron chi connectivity index (χ3n) is 3.61. The summed E-state index contributed by atoms with van der Waals surface area (Å²) in [5.41, 5.74) is 3.17. The Hall–Kier alpha value is -0.870. The van der Waals surface area contributed by atoms with Crippen molar-refractivity contribution in [2.24, 2.45) is 11.8 Å². The molecule has 2 N–H and O–H groups in total. The minimum absolute atomic E-state index is 0.0545. The van der Waals surface area contributed by atoms with Crippen molar-refractivity contribution in [3.63, 3.8) is 0 Å². The average Bonchev–Trinajstić information content (AvgIpc) is 2.20. The van der Waals surface area contributed by atoms with Crippen LogP contribution in [0.15, 0.2) is 16.6 Å². The van der Waals surface area contributed by atoms with Crippen LogP contribution in [0.3, 0.4) is 0 Å². The lowest BCUT2D eigenvalue weighted by Gasteiger charge is -2.32. The number of anilines is 1. The predicted molar refractivity (Wildman–Crippen MR) is 77.8 cm³/mol. The van der Waals surface area contributed by atoms with E-state index in [0.717, 1.165) is 28.8 Å². The van der Waals surface area contributed by atoms with Crippen LogP contribution >= 0.6 is 15.9 Å². The lowest BCUT2D eigenvalue weighted by molar-refractivity contribution is -0.121. The van der Waals surface area contributed by atoms with Gasteiger partial charge >= 0.3 is 0 Å². The van der Waals surface area contributed by atoms with Gasteiger partial charge in [-0.2, -0.15) is 0 Å². The van der Waals surface area contributed by atoms with E-state index >= 15 is 0 Å². The average molecular weight is 311 g/mol. The van der Waals surface area contributed by atoms with E-state index in [0.29, 0.717) is 5.92 Å². The van der Waals surface area contributed by atoms with Gasteiger partial charge in [-0.25, -0.2) is 0 Å². The highest BCUT2D eigenvalue weighted by Gasteiger charge is 2.29. The molecule has 1 fully saturated rings. The Kier molecular flexibility index (Phi) is 4.07. The SMILES string of the molecule is Cc1cc(C)c(NC(=O)C(C)C2CNC2)c(Br)c1. The van der Waals surface area contributed by atoms with Crippen LogP contribution in [-0.2, 0) is 4.79 Å². The minimum atomic E-state index is 0.0545. The van der Waals surface area contributed by atoms with E-state index in [1.165, 1.54) is 5.56 Å². The van der Waals surface area contributed by atoms with Gasteiger partial charge in [-0.3, -0.25) is 4.79 Å². The molecule has 0 bridgehead atoms. The molecule has 98 valence electrons. The van der Waals surface area contributed by atoms with Crippen molar-refractivity contribution in [2.45, 2.75) is 20.8 Å². The lowest BCUT2D eigenvalue weighted by atomic mass is 9.88. The molecule has 0 radical (unpaired) electrons. The van der Waals surface area contributed by atoms with Crippen molar-refractivity contribution in [1.29, 1.82) is 0 Å². The summed E-state index contributed by atoms with van der Waals surface area (Å²) in [6.07, 6.45) is 0. The van der Waals surface area contributed by atoms with Crippen molar-refractivity contribution in [3.8, 4) is 0 Å². The third kappa shape index (κ3) is 2.75. The van der Waals surface area contributed by atoms with E-state index in [1.807, 2.05) is 26.8 Å². The van der Waals surface area contributed by atoms with Crippen LogP contribution in [0, 0.1) is 25.7 Å². The number of aryl methyl sites for hydroxylation is 2.